The monoisotopic (exact) mass is 469 g/mol. The van der Waals surface area contributed by atoms with Crippen molar-refractivity contribution in [3.8, 4) is 11.3 Å². The van der Waals surface area contributed by atoms with Crippen LogP contribution in [0.1, 0.15) is 26.7 Å². The van der Waals surface area contributed by atoms with Crippen LogP contribution in [0.5, 0.6) is 0 Å². The molecule has 1 N–H and O–H groups in total. The third-order valence-electron chi connectivity index (χ3n) is 5.58. The van der Waals surface area contributed by atoms with Crippen LogP contribution < -0.4 is 5.32 Å². The molecule has 33 heavy (non-hydrogen) atoms. The number of fused-ring (bicyclic) bond motifs is 1. The summed E-state index contributed by atoms with van der Waals surface area (Å²) in [6.45, 7) is 4.04. The van der Waals surface area contributed by atoms with Crippen LogP contribution in [-0.4, -0.2) is 15.9 Å². The van der Waals surface area contributed by atoms with E-state index in [1.165, 1.54) is 33.2 Å². The quantitative estimate of drug-likeness (QED) is 0.297. The van der Waals surface area contributed by atoms with Gasteiger partial charge in [0.1, 0.15) is 0 Å². The molecule has 1 amide bonds. The summed E-state index contributed by atoms with van der Waals surface area (Å²) in [5.74, 6) is -0.0664. The molecule has 0 aliphatic rings. The minimum Gasteiger partial charge on any atom is -0.302 e. The highest BCUT2D eigenvalue weighted by Crippen LogP contribution is 2.27. The number of aromatic nitrogens is 2. The minimum absolute atomic E-state index is 0.0664. The van der Waals surface area contributed by atoms with Gasteiger partial charge in [0.2, 0.25) is 5.91 Å². The Kier molecular flexibility index (Phi) is 6.03. The summed E-state index contributed by atoms with van der Waals surface area (Å²) in [5.41, 5.74) is 5.31. The molecule has 5 rings (SSSR count). The lowest BCUT2D eigenvalue weighted by Gasteiger charge is -2.04. The number of carbonyl (C=O) groups excluding carboxylic acids is 1. The fourth-order valence-corrected chi connectivity index (χ4v) is 5.66. The van der Waals surface area contributed by atoms with Crippen molar-refractivity contribution < 1.29 is 4.79 Å². The molecular formula is C27H23N3OS2. The second-order valence-corrected chi connectivity index (χ2v) is 10.1. The molecule has 2 heterocycles. The van der Waals surface area contributed by atoms with Crippen molar-refractivity contribution in [2.45, 2.75) is 26.7 Å². The Hall–Kier alpha value is -3.35. The van der Waals surface area contributed by atoms with Gasteiger partial charge in [0.25, 0.3) is 0 Å². The molecule has 0 bridgehead atoms. The number of anilines is 1. The van der Waals surface area contributed by atoms with Crippen LogP contribution in [-0.2, 0) is 17.6 Å². The molecule has 0 radical (unpaired) electrons. The number of aryl methyl sites for hydroxylation is 2. The maximum atomic E-state index is 12.7. The topological polar surface area (TPSA) is 54.9 Å². The van der Waals surface area contributed by atoms with Crippen molar-refractivity contribution in [1.82, 2.24) is 9.97 Å². The van der Waals surface area contributed by atoms with Crippen LogP contribution in [0.4, 0.5) is 5.13 Å². The Morgan fingerprint density at radius 2 is 1.73 bits per heavy atom. The van der Waals surface area contributed by atoms with Gasteiger partial charge in [0.15, 0.2) is 5.13 Å². The molecule has 0 aliphatic heterocycles. The first kappa shape index (κ1) is 21.5. The number of amides is 1. The Balaban J connectivity index is 1.26. The molecule has 0 atom stereocenters. The molecule has 0 saturated carbocycles. The third-order valence-corrected chi connectivity index (χ3v) is 7.49. The highest BCUT2D eigenvalue weighted by molar-refractivity contribution is 7.14. The second-order valence-electron chi connectivity index (χ2n) is 8.06. The van der Waals surface area contributed by atoms with Gasteiger partial charge in [-0.25, -0.2) is 9.97 Å². The summed E-state index contributed by atoms with van der Waals surface area (Å²) in [7, 11) is 0. The molecule has 0 unspecified atom stereocenters. The molecule has 0 spiro atoms. The molecule has 0 saturated heterocycles. The smallest absolute Gasteiger partial charge is 0.231 e. The highest BCUT2D eigenvalue weighted by Gasteiger charge is 2.15. The van der Waals surface area contributed by atoms with E-state index in [1.807, 2.05) is 24.4 Å². The summed E-state index contributed by atoms with van der Waals surface area (Å²) < 4.78 is 0. The van der Waals surface area contributed by atoms with Crippen LogP contribution in [0.25, 0.3) is 22.0 Å². The fourth-order valence-electron chi connectivity index (χ4n) is 3.83. The number of carbonyl (C=O) groups is 1. The second kappa shape index (κ2) is 9.25. The van der Waals surface area contributed by atoms with E-state index in [4.69, 9.17) is 4.98 Å². The van der Waals surface area contributed by atoms with E-state index < -0.39 is 0 Å². The Morgan fingerprint density at radius 3 is 2.58 bits per heavy atom. The fraction of sp³-hybridized carbons (Fsp3) is 0.148. The van der Waals surface area contributed by atoms with E-state index in [0.29, 0.717) is 11.6 Å². The van der Waals surface area contributed by atoms with Crippen LogP contribution >= 0.6 is 22.7 Å². The molecule has 4 nitrogen and oxygen atoms in total. The van der Waals surface area contributed by atoms with Gasteiger partial charge in [-0.2, -0.15) is 0 Å². The van der Waals surface area contributed by atoms with Crippen molar-refractivity contribution in [2.24, 2.45) is 0 Å². The number of benzene rings is 3. The summed E-state index contributed by atoms with van der Waals surface area (Å²) in [5, 5.41) is 9.05. The molecule has 3 aromatic carbocycles. The number of hydrogen-bond acceptors (Lipinski definition) is 5. The molecule has 0 fully saturated rings. The predicted molar refractivity (Wildman–Crippen MR) is 138 cm³/mol. The Bertz CT molecular complexity index is 1430. The summed E-state index contributed by atoms with van der Waals surface area (Å²) >= 11 is 3.06. The molecular weight excluding hydrogens is 446 g/mol. The molecule has 2 aromatic heterocycles. The Morgan fingerprint density at radius 1 is 0.939 bits per heavy atom. The van der Waals surface area contributed by atoms with Crippen molar-refractivity contribution in [1.29, 1.82) is 0 Å². The average molecular weight is 470 g/mol. The van der Waals surface area contributed by atoms with Gasteiger partial charge in [-0.15, -0.1) is 22.7 Å². The first-order chi connectivity index (χ1) is 16.0. The van der Waals surface area contributed by atoms with Crippen LogP contribution in [0.15, 0.2) is 72.1 Å². The first-order valence-electron chi connectivity index (χ1n) is 10.8. The SMILES string of the molecule is Cc1ccc(-c2csc(NC(=O)Cc3sc(Cc4cccc5ccccc45)nc3C)n2)cc1. The summed E-state index contributed by atoms with van der Waals surface area (Å²) in [6.07, 6.45) is 1.07. The van der Waals surface area contributed by atoms with Gasteiger partial charge in [-0.05, 0) is 30.2 Å². The molecule has 5 aromatic rings. The number of thiazole rings is 2. The maximum Gasteiger partial charge on any atom is 0.231 e. The normalized spacial score (nSPS) is 11.1. The van der Waals surface area contributed by atoms with Crippen molar-refractivity contribution in [3.63, 3.8) is 0 Å². The third kappa shape index (κ3) is 4.87. The van der Waals surface area contributed by atoms with E-state index in [-0.39, 0.29) is 5.91 Å². The van der Waals surface area contributed by atoms with Gasteiger partial charge in [0.05, 0.1) is 22.8 Å². The number of hydrogen-bond donors (Lipinski definition) is 1. The zero-order valence-electron chi connectivity index (χ0n) is 18.5. The van der Waals surface area contributed by atoms with Crippen LogP contribution in [0.2, 0.25) is 0 Å². The Labute approximate surface area is 201 Å². The first-order valence-corrected chi connectivity index (χ1v) is 12.5. The lowest BCUT2D eigenvalue weighted by molar-refractivity contribution is -0.115. The summed E-state index contributed by atoms with van der Waals surface area (Å²) in [4.78, 5) is 23.0. The van der Waals surface area contributed by atoms with Crippen LogP contribution in [0.3, 0.4) is 0 Å². The van der Waals surface area contributed by atoms with Gasteiger partial charge in [-0.1, -0.05) is 72.3 Å². The zero-order valence-corrected chi connectivity index (χ0v) is 20.1. The zero-order chi connectivity index (χ0) is 22.8. The molecule has 164 valence electrons. The van der Waals surface area contributed by atoms with Gasteiger partial charge < -0.3 is 5.32 Å². The summed E-state index contributed by atoms with van der Waals surface area (Å²) in [6, 6.07) is 23.0. The lowest BCUT2D eigenvalue weighted by Crippen LogP contribution is -2.14. The highest BCUT2D eigenvalue weighted by atomic mass is 32.1. The van der Waals surface area contributed by atoms with E-state index >= 15 is 0 Å². The lowest BCUT2D eigenvalue weighted by atomic mass is 10.0. The van der Waals surface area contributed by atoms with Crippen LogP contribution in [0, 0.1) is 13.8 Å². The van der Waals surface area contributed by atoms with Crippen molar-refractivity contribution >= 4 is 44.5 Å². The van der Waals surface area contributed by atoms with E-state index in [0.717, 1.165) is 33.3 Å². The van der Waals surface area contributed by atoms with Crippen molar-refractivity contribution in [2.75, 3.05) is 5.32 Å². The van der Waals surface area contributed by atoms with E-state index in [9.17, 15) is 4.79 Å². The largest absolute Gasteiger partial charge is 0.302 e. The number of nitrogens with one attached hydrogen (secondary N) is 1. The van der Waals surface area contributed by atoms with Gasteiger partial charge in [0, 0.05) is 22.2 Å². The molecule has 6 heteroatoms. The minimum atomic E-state index is -0.0664. The van der Waals surface area contributed by atoms with E-state index in [2.05, 4.69) is 71.8 Å². The maximum absolute atomic E-state index is 12.7. The van der Waals surface area contributed by atoms with E-state index in [1.54, 1.807) is 11.3 Å². The predicted octanol–water partition coefficient (Wildman–Crippen LogP) is 6.81. The number of rotatable bonds is 6. The van der Waals surface area contributed by atoms with Gasteiger partial charge >= 0.3 is 0 Å². The standard InChI is InChI=1S/C27H23N3OS2/c1-17-10-12-20(13-11-17)23-16-32-27(29-23)30-25(31)15-24-18(2)28-26(33-24)14-21-8-5-7-19-6-3-4-9-22(19)21/h3-13,16H,14-15H2,1-2H3,(H,29,30,31). The average Bonchev–Trinajstić information content (AvgIpc) is 3.41. The van der Waals surface area contributed by atoms with Crippen molar-refractivity contribution in [3.05, 3.63) is 98.8 Å². The number of nitrogens with zero attached hydrogens (tertiary/aromatic N) is 2. The molecule has 0 aliphatic carbocycles. The van der Waals surface area contributed by atoms with Gasteiger partial charge in [-0.3, -0.25) is 4.79 Å².